The van der Waals surface area contributed by atoms with Gasteiger partial charge in [0.25, 0.3) is 0 Å². The maximum atomic E-state index is 10.2. The van der Waals surface area contributed by atoms with E-state index in [9.17, 15) is 9.59 Å². The van der Waals surface area contributed by atoms with Crippen LogP contribution in [-0.2, 0) is 14.3 Å². The Bertz CT molecular complexity index is 144. The van der Waals surface area contributed by atoms with Crippen molar-refractivity contribution in [1.82, 2.24) is 0 Å². The third-order valence-corrected chi connectivity index (χ3v) is 0.914. The number of rotatable bonds is 2. The molecule has 0 heterocycles. The van der Waals surface area contributed by atoms with Crippen molar-refractivity contribution in [3.63, 3.8) is 0 Å². The largest absolute Gasteiger partial charge is 0.389 e. The number of halogens is 2. The van der Waals surface area contributed by atoms with E-state index in [-0.39, 0.29) is 0 Å². The smallest absolute Gasteiger partial charge is 0.358 e. The fourth-order valence-electron chi connectivity index (χ4n) is 0.188. The van der Waals surface area contributed by atoms with E-state index in [0.717, 1.165) is 0 Å². The van der Waals surface area contributed by atoms with Crippen LogP contribution in [0.3, 0.4) is 0 Å². The zero-order valence-corrected chi connectivity index (χ0v) is 6.22. The molecule has 0 aromatic carbocycles. The van der Waals surface area contributed by atoms with Crippen molar-refractivity contribution in [2.45, 2.75) is 5.56 Å². The Labute approximate surface area is 66.7 Å². The minimum atomic E-state index is -1.81. The maximum absolute atomic E-state index is 10.2. The lowest BCUT2D eigenvalue weighted by Crippen LogP contribution is -2.21. The van der Waals surface area contributed by atoms with Crippen LogP contribution >= 0.6 is 23.2 Å². The number of carbonyl (C=O) groups is 2. The lowest BCUT2D eigenvalue weighted by molar-refractivity contribution is -0.161. The molecule has 58 valence electrons. The molecule has 1 unspecified atom stereocenters. The van der Waals surface area contributed by atoms with E-state index >= 15 is 0 Å². The van der Waals surface area contributed by atoms with Crippen LogP contribution in [-0.4, -0.2) is 28.5 Å². The van der Waals surface area contributed by atoms with Crippen LogP contribution in [0.25, 0.3) is 0 Å². The van der Waals surface area contributed by atoms with Crippen molar-refractivity contribution in [1.29, 1.82) is 0 Å². The molecule has 4 nitrogen and oxygen atoms in total. The molecule has 0 amide bonds. The van der Waals surface area contributed by atoms with Crippen LogP contribution in [0.1, 0.15) is 0 Å². The summed E-state index contributed by atoms with van der Waals surface area (Å²) in [6.07, 6.45) is 0. The van der Waals surface area contributed by atoms with Crippen molar-refractivity contribution >= 4 is 35.1 Å². The van der Waals surface area contributed by atoms with Crippen LogP contribution in [0.5, 0.6) is 0 Å². The normalized spacial score (nSPS) is 12.3. The first-order chi connectivity index (χ1) is 4.57. The Hall–Kier alpha value is -0.320. The van der Waals surface area contributed by atoms with E-state index in [2.05, 4.69) is 4.74 Å². The van der Waals surface area contributed by atoms with Gasteiger partial charge in [0, 0.05) is 0 Å². The first kappa shape index (κ1) is 9.68. The molecule has 0 rings (SSSR count). The van der Waals surface area contributed by atoms with E-state index in [1.165, 1.54) is 0 Å². The molecule has 0 aromatic rings. The summed E-state index contributed by atoms with van der Waals surface area (Å²) in [5, 5.41) is 8.26. The number of esters is 2. The van der Waals surface area contributed by atoms with Crippen LogP contribution in [0.4, 0.5) is 0 Å². The predicted octanol–water partition coefficient (Wildman–Crippen LogP) is -0.148. The second kappa shape index (κ2) is 4.49. The number of carbonyl (C=O) groups excluding carboxylic acids is 2. The highest BCUT2D eigenvalue weighted by Gasteiger charge is 2.16. The molecule has 0 aliphatic carbocycles. The fraction of sp³-hybridized carbons (Fsp3) is 0.500. The number of ether oxygens (including phenoxy) is 1. The molecule has 1 N–H and O–H groups in total. The summed E-state index contributed by atoms with van der Waals surface area (Å²) in [7, 11) is 0. The van der Waals surface area contributed by atoms with Gasteiger partial charge in [0.05, 0.1) is 0 Å². The Morgan fingerprint density at radius 3 is 2.40 bits per heavy atom. The van der Waals surface area contributed by atoms with Crippen molar-refractivity contribution in [3.05, 3.63) is 0 Å². The van der Waals surface area contributed by atoms with Gasteiger partial charge in [-0.2, -0.15) is 0 Å². The van der Waals surface area contributed by atoms with E-state index in [0.29, 0.717) is 0 Å². The van der Waals surface area contributed by atoms with E-state index in [4.69, 9.17) is 28.3 Å². The van der Waals surface area contributed by atoms with Crippen LogP contribution < -0.4 is 0 Å². The number of hydrogen-bond acceptors (Lipinski definition) is 4. The average molecular weight is 187 g/mol. The lowest BCUT2D eigenvalue weighted by atomic mass is 10.7. The predicted molar refractivity (Wildman–Crippen MR) is 33.7 cm³/mol. The SMILES string of the molecule is O=C(CCl)OC(=O)C(O)Cl. The van der Waals surface area contributed by atoms with Gasteiger partial charge in [0.2, 0.25) is 5.56 Å². The molecule has 0 aliphatic rings. The molecule has 0 saturated heterocycles. The van der Waals surface area contributed by atoms with Crippen molar-refractivity contribution in [2.24, 2.45) is 0 Å². The minimum absolute atomic E-state index is 0.449. The monoisotopic (exact) mass is 186 g/mol. The topological polar surface area (TPSA) is 63.6 Å². The number of aliphatic hydroxyl groups is 1. The summed E-state index contributed by atoms with van der Waals surface area (Å²) < 4.78 is 3.87. The molecule has 6 heteroatoms. The Kier molecular flexibility index (Phi) is 4.34. The van der Waals surface area contributed by atoms with Gasteiger partial charge in [-0.1, -0.05) is 11.6 Å². The summed E-state index contributed by atoms with van der Waals surface area (Å²) >= 11 is 9.76. The summed E-state index contributed by atoms with van der Waals surface area (Å²) in [6.45, 7) is 0. The number of aliphatic hydroxyl groups excluding tert-OH is 1. The number of alkyl halides is 2. The van der Waals surface area contributed by atoms with Gasteiger partial charge in [-0.3, -0.25) is 4.79 Å². The summed E-state index contributed by atoms with van der Waals surface area (Å²) in [4.78, 5) is 20.4. The molecule has 0 radical (unpaired) electrons. The van der Waals surface area contributed by atoms with Gasteiger partial charge in [-0.05, 0) is 0 Å². The van der Waals surface area contributed by atoms with Crippen LogP contribution in [0.15, 0.2) is 0 Å². The minimum Gasteiger partial charge on any atom is -0.389 e. The molecule has 0 saturated carbocycles. The van der Waals surface area contributed by atoms with E-state index < -0.39 is 23.4 Å². The van der Waals surface area contributed by atoms with Gasteiger partial charge in [-0.15, -0.1) is 11.6 Å². The van der Waals surface area contributed by atoms with Crippen molar-refractivity contribution in [3.8, 4) is 0 Å². The van der Waals surface area contributed by atoms with Crippen molar-refractivity contribution in [2.75, 3.05) is 5.88 Å². The Morgan fingerprint density at radius 1 is 1.60 bits per heavy atom. The molecular weight excluding hydrogens is 183 g/mol. The van der Waals surface area contributed by atoms with Crippen molar-refractivity contribution < 1.29 is 19.4 Å². The third kappa shape index (κ3) is 3.66. The highest BCUT2D eigenvalue weighted by atomic mass is 35.5. The zero-order valence-electron chi connectivity index (χ0n) is 4.71. The summed E-state index contributed by atoms with van der Waals surface area (Å²) in [5.41, 5.74) is -1.81. The molecular formula is C4H4Cl2O4. The number of hydrogen-bond donors (Lipinski definition) is 1. The molecule has 0 aliphatic heterocycles. The van der Waals surface area contributed by atoms with Gasteiger partial charge in [0.1, 0.15) is 5.88 Å². The Morgan fingerprint density at radius 2 is 2.10 bits per heavy atom. The summed E-state index contributed by atoms with van der Waals surface area (Å²) in [5.74, 6) is -2.60. The standard InChI is InChI=1S/C4H4Cl2O4/c5-1-2(7)10-4(9)3(6)8/h3,8H,1H2. The summed E-state index contributed by atoms with van der Waals surface area (Å²) in [6, 6.07) is 0. The maximum Gasteiger partial charge on any atom is 0.358 e. The first-order valence-electron chi connectivity index (χ1n) is 2.20. The molecule has 0 fully saturated rings. The molecule has 0 aromatic heterocycles. The lowest BCUT2D eigenvalue weighted by Gasteiger charge is -1.99. The second-order valence-electron chi connectivity index (χ2n) is 1.26. The molecule has 0 bridgehead atoms. The third-order valence-electron chi connectivity index (χ3n) is 0.518. The van der Waals surface area contributed by atoms with Crippen LogP contribution in [0.2, 0.25) is 0 Å². The highest BCUT2D eigenvalue weighted by Crippen LogP contribution is 1.94. The quantitative estimate of drug-likeness (QED) is 0.371. The highest BCUT2D eigenvalue weighted by molar-refractivity contribution is 6.30. The van der Waals surface area contributed by atoms with Gasteiger partial charge < -0.3 is 9.84 Å². The Balaban J connectivity index is 3.69. The van der Waals surface area contributed by atoms with E-state index in [1.54, 1.807) is 0 Å². The van der Waals surface area contributed by atoms with E-state index in [1.807, 2.05) is 0 Å². The van der Waals surface area contributed by atoms with Gasteiger partial charge >= 0.3 is 11.9 Å². The average Bonchev–Trinajstić information content (AvgIpc) is 1.87. The van der Waals surface area contributed by atoms with Crippen LogP contribution in [0, 0.1) is 0 Å². The second-order valence-corrected chi connectivity index (χ2v) is 1.94. The zero-order chi connectivity index (χ0) is 8.15. The molecule has 0 spiro atoms. The first-order valence-corrected chi connectivity index (χ1v) is 3.17. The molecule has 1 atom stereocenters. The molecule has 10 heavy (non-hydrogen) atoms. The fourth-order valence-corrected chi connectivity index (χ4v) is 0.287. The van der Waals surface area contributed by atoms with Gasteiger partial charge in [-0.25, -0.2) is 4.79 Å². The van der Waals surface area contributed by atoms with Gasteiger partial charge in [0.15, 0.2) is 0 Å².